The largest absolute Gasteiger partial charge is 0.368 e. The lowest BCUT2D eigenvalue weighted by Gasteiger charge is -1.89. The molecule has 0 fully saturated rings. The van der Waals surface area contributed by atoms with E-state index in [0.29, 0.717) is 0 Å². The van der Waals surface area contributed by atoms with Gasteiger partial charge in [-0.25, -0.2) is 0 Å². The Bertz CT molecular complexity index is 395. The fraction of sp³-hybridized carbons (Fsp3) is 0.0909. The van der Waals surface area contributed by atoms with Crippen molar-refractivity contribution in [1.29, 1.82) is 21.0 Å². The molecule has 1 heterocycles. The summed E-state index contributed by atoms with van der Waals surface area (Å²) >= 11 is 0. The van der Waals surface area contributed by atoms with Crippen LogP contribution in [0.2, 0.25) is 0 Å². The molecular formula is C11H7N5. The second-order valence-electron chi connectivity index (χ2n) is 2.47. The number of hydrogen-bond acceptors (Lipinski definition) is 5. The normalized spacial score (nSPS) is 11.2. The van der Waals surface area contributed by atoms with E-state index in [1.807, 2.05) is 36.7 Å². The first-order valence-corrected chi connectivity index (χ1v) is 4.14. The van der Waals surface area contributed by atoms with Crippen LogP contribution in [0.3, 0.4) is 0 Å². The van der Waals surface area contributed by atoms with Gasteiger partial charge in [-0.2, -0.15) is 21.0 Å². The van der Waals surface area contributed by atoms with E-state index in [9.17, 15) is 0 Å². The van der Waals surface area contributed by atoms with Gasteiger partial charge in [-0.3, -0.25) is 0 Å². The van der Waals surface area contributed by atoms with Crippen molar-refractivity contribution < 1.29 is 0 Å². The molecule has 0 radical (unpaired) electrons. The number of rotatable bonds is 0. The molecule has 5 heteroatoms. The molecule has 0 unspecified atom stereocenters. The summed E-state index contributed by atoms with van der Waals surface area (Å²) in [5.41, 5.74) is -2.11. The van der Waals surface area contributed by atoms with Crippen LogP contribution in [0.15, 0.2) is 36.7 Å². The highest BCUT2D eigenvalue weighted by Crippen LogP contribution is 2.09. The molecule has 0 spiro atoms. The standard InChI is InChI=1S/C6H7N.C5N4/c1-2-4-6-7-5-3-1;6-1-5(2-7,3-8)4-9/h1-7H;. The second kappa shape index (κ2) is 7.39. The minimum absolute atomic E-state index is 1.28. The van der Waals surface area contributed by atoms with Gasteiger partial charge in [-0.1, -0.05) is 12.2 Å². The van der Waals surface area contributed by atoms with Gasteiger partial charge in [0.25, 0.3) is 0 Å². The molecule has 0 aliphatic carbocycles. The van der Waals surface area contributed by atoms with E-state index in [4.69, 9.17) is 21.0 Å². The number of allylic oxidation sites excluding steroid dienone is 4. The monoisotopic (exact) mass is 209 g/mol. The number of nitrogens with zero attached hydrogens (tertiary/aromatic N) is 4. The maximum atomic E-state index is 8.06. The van der Waals surface area contributed by atoms with Gasteiger partial charge < -0.3 is 5.32 Å². The van der Waals surface area contributed by atoms with Crippen LogP contribution in [0.4, 0.5) is 0 Å². The molecule has 16 heavy (non-hydrogen) atoms. The van der Waals surface area contributed by atoms with Crippen LogP contribution in [0, 0.1) is 50.7 Å². The van der Waals surface area contributed by atoms with E-state index < -0.39 is 5.41 Å². The Balaban J connectivity index is 0.000000288. The van der Waals surface area contributed by atoms with Crippen LogP contribution < -0.4 is 5.32 Å². The quantitative estimate of drug-likeness (QED) is 0.645. The minimum atomic E-state index is -2.11. The third kappa shape index (κ3) is 4.28. The molecule has 76 valence electrons. The van der Waals surface area contributed by atoms with Crippen LogP contribution in [-0.4, -0.2) is 0 Å². The number of hydrogen-bond donors (Lipinski definition) is 1. The van der Waals surface area contributed by atoms with Gasteiger partial charge in [-0.15, -0.1) is 0 Å². The van der Waals surface area contributed by atoms with E-state index in [1.54, 1.807) is 0 Å². The van der Waals surface area contributed by atoms with Crippen LogP contribution >= 0.6 is 0 Å². The fourth-order valence-electron chi connectivity index (χ4n) is 0.556. The zero-order valence-electron chi connectivity index (χ0n) is 8.25. The summed E-state index contributed by atoms with van der Waals surface area (Å²) < 4.78 is 0. The average molecular weight is 209 g/mol. The summed E-state index contributed by atoms with van der Waals surface area (Å²) in [5, 5.41) is 35.2. The van der Waals surface area contributed by atoms with E-state index >= 15 is 0 Å². The van der Waals surface area contributed by atoms with Gasteiger partial charge in [0.1, 0.15) is 24.3 Å². The highest BCUT2D eigenvalue weighted by molar-refractivity contribution is 5.35. The topological polar surface area (TPSA) is 107 Å². The van der Waals surface area contributed by atoms with Gasteiger partial charge >= 0.3 is 5.41 Å². The molecule has 0 amide bonds. The van der Waals surface area contributed by atoms with Crippen molar-refractivity contribution in [3.8, 4) is 24.3 Å². The molecule has 5 nitrogen and oxygen atoms in total. The number of nitrogens with one attached hydrogen (secondary N) is 1. The van der Waals surface area contributed by atoms with E-state index in [-0.39, 0.29) is 0 Å². The Morgan fingerprint density at radius 3 is 1.31 bits per heavy atom. The molecule has 0 saturated heterocycles. The molecular weight excluding hydrogens is 202 g/mol. The van der Waals surface area contributed by atoms with Crippen molar-refractivity contribution in [3.05, 3.63) is 36.7 Å². The van der Waals surface area contributed by atoms with Crippen LogP contribution in [0.5, 0.6) is 0 Å². The predicted octanol–water partition coefficient (Wildman–Crippen LogP) is 1.24. The van der Waals surface area contributed by atoms with E-state index in [1.165, 1.54) is 24.3 Å². The second-order valence-corrected chi connectivity index (χ2v) is 2.47. The Morgan fingerprint density at radius 2 is 1.06 bits per heavy atom. The van der Waals surface area contributed by atoms with Crippen LogP contribution in [0.1, 0.15) is 0 Å². The summed E-state index contributed by atoms with van der Waals surface area (Å²) in [6, 6.07) is 5.12. The summed E-state index contributed by atoms with van der Waals surface area (Å²) in [5.74, 6) is 0. The maximum absolute atomic E-state index is 8.06. The lowest BCUT2D eigenvalue weighted by molar-refractivity contribution is 0.893. The average Bonchev–Trinajstić information content (AvgIpc) is 2.66. The SMILES string of the molecule is C1=CC=CNC=C1.N#CC(C#N)(C#N)C#N. The first-order chi connectivity index (χ1) is 7.74. The van der Waals surface area contributed by atoms with Gasteiger partial charge in [0.2, 0.25) is 0 Å². The maximum Gasteiger partial charge on any atom is 0.312 e. The van der Waals surface area contributed by atoms with Crippen molar-refractivity contribution in [2.75, 3.05) is 0 Å². The van der Waals surface area contributed by atoms with Crippen molar-refractivity contribution in [1.82, 2.24) is 5.32 Å². The molecule has 1 N–H and O–H groups in total. The van der Waals surface area contributed by atoms with Crippen molar-refractivity contribution >= 4 is 0 Å². The Kier molecular flexibility index (Phi) is 6.00. The molecule has 0 atom stereocenters. The Labute approximate surface area is 93.4 Å². The molecule has 0 aromatic heterocycles. The third-order valence-electron chi connectivity index (χ3n) is 1.39. The lowest BCUT2D eigenvalue weighted by Crippen LogP contribution is -2.08. The predicted molar refractivity (Wildman–Crippen MR) is 55.4 cm³/mol. The Hall–Kier alpha value is -3.02. The molecule has 0 bridgehead atoms. The van der Waals surface area contributed by atoms with Crippen molar-refractivity contribution in [2.24, 2.45) is 5.41 Å². The zero-order chi connectivity index (χ0) is 12.3. The number of nitriles is 4. The molecule has 1 aliphatic rings. The van der Waals surface area contributed by atoms with Crippen LogP contribution in [-0.2, 0) is 0 Å². The summed E-state index contributed by atoms with van der Waals surface area (Å²) in [6.45, 7) is 0. The van der Waals surface area contributed by atoms with Gasteiger partial charge in [0, 0.05) is 12.4 Å². The zero-order valence-corrected chi connectivity index (χ0v) is 8.25. The molecule has 0 aromatic carbocycles. The highest BCUT2D eigenvalue weighted by atomic mass is 14.8. The minimum Gasteiger partial charge on any atom is -0.368 e. The van der Waals surface area contributed by atoms with Crippen molar-refractivity contribution in [3.63, 3.8) is 0 Å². The smallest absolute Gasteiger partial charge is 0.312 e. The van der Waals surface area contributed by atoms with Crippen LogP contribution in [0.25, 0.3) is 0 Å². The van der Waals surface area contributed by atoms with E-state index in [0.717, 1.165) is 0 Å². The van der Waals surface area contributed by atoms with Gasteiger partial charge in [0.15, 0.2) is 0 Å². The first-order valence-electron chi connectivity index (χ1n) is 4.14. The van der Waals surface area contributed by atoms with Gasteiger partial charge in [0.05, 0.1) is 0 Å². The fourth-order valence-corrected chi connectivity index (χ4v) is 0.556. The highest BCUT2D eigenvalue weighted by Gasteiger charge is 2.28. The van der Waals surface area contributed by atoms with E-state index in [2.05, 4.69) is 5.32 Å². The Morgan fingerprint density at radius 1 is 0.688 bits per heavy atom. The van der Waals surface area contributed by atoms with Gasteiger partial charge in [-0.05, 0) is 12.2 Å². The molecule has 0 aromatic rings. The first kappa shape index (κ1) is 13.0. The van der Waals surface area contributed by atoms with Crippen molar-refractivity contribution in [2.45, 2.75) is 0 Å². The molecule has 1 rings (SSSR count). The summed E-state index contributed by atoms with van der Waals surface area (Å²) in [4.78, 5) is 0. The molecule has 0 saturated carbocycles. The lowest BCUT2D eigenvalue weighted by atomic mass is 9.97. The third-order valence-corrected chi connectivity index (χ3v) is 1.39. The molecule has 1 aliphatic heterocycles. The summed E-state index contributed by atoms with van der Waals surface area (Å²) in [7, 11) is 0. The summed E-state index contributed by atoms with van der Waals surface area (Å²) in [6.07, 6.45) is 11.6.